The highest BCUT2D eigenvalue weighted by atomic mass is 16.6. The molecule has 0 unspecified atom stereocenters. The van der Waals surface area contributed by atoms with Gasteiger partial charge in [0.05, 0.1) is 12.2 Å². The summed E-state index contributed by atoms with van der Waals surface area (Å²) in [6, 6.07) is 0. The van der Waals surface area contributed by atoms with Crippen molar-refractivity contribution in [2.45, 2.75) is 64.8 Å². The van der Waals surface area contributed by atoms with Gasteiger partial charge in [-0.05, 0) is 26.2 Å². The van der Waals surface area contributed by atoms with E-state index in [4.69, 9.17) is 9.47 Å². The third-order valence-corrected chi connectivity index (χ3v) is 2.72. The van der Waals surface area contributed by atoms with Crippen molar-refractivity contribution in [2.75, 3.05) is 0 Å². The van der Waals surface area contributed by atoms with Gasteiger partial charge in [-0.2, -0.15) is 0 Å². The van der Waals surface area contributed by atoms with Crippen LogP contribution in [-0.2, 0) is 14.3 Å². The number of ether oxygens (including phenoxy) is 2. The molecule has 1 saturated heterocycles. The molecule has 1 aliphatic heterocycles. The third-order valence-electron chi connectivity index (χ3n) is 2.72. The highest BCUT2D eigenvalue weighted by molar-refractivity contribution is 5.66. The van der Waals surface area contributed by atoms with E-state index >= 15 is 0 Å². The quantitative estimate of drug-likeness (QED) is 0.534. The van der Waals surface area contributed by atoms with Crippen molar-refractivity contribution in [1.29, 1.82) is 0 Å². The first-order valence-electron chi connectivity index (χ1n) is 6.11. The predicted octanol–water partition coefficient (Wildman–Crippen LogP) is 2.84. The maximum atomic E-state index is 10.9. The monoisotopic (exact) mass is 226 g/mol. The molecule has 1 heterocycles. The summed E-state index contributed by atoms with van der Waals surface area (Å²) < 4.78 is 11.0. The van der Waals surface area contributed by atoms with Crippen molar-refractivity contribution in [3.8, 4) is 0 Å². The van der Waals surface area contributed by atoms with Crippen molar-refractivity contribution < 1.29 is 14.3 Å². The van der Waals surface area contributed by atoms with Crippen LogP contribution in [-0.4, -0.2) is 24.3 Å². The van der Waals surface area contributed by atoms with Crippen molar-refractivity contribution in [3.63, 3.8) is 0 Å². The zero-order valence-corrected chi connectivity index (χ0v) is 10.4. The second kappa shape index (κ2) is 6.69. The van der Waals surface area contributed by atoms with E-state index in [1.807, 2.05) is 6.92 Å². The smallest absolute Gasteiger partial charge is 0.302 e. The second-order valence-electron chi connectivity index (χ2n) is 4.33. The van der Waals surface area contributed by atoms with E-state index in [1.165, 1.54) is 6.92 Å². The molecule has 0 aromatic rings. The summed E-state index contributed by atoms with van der Waals surface area (Å²) in [5, 5.41) is 0. The van der Waals surface area contributed by atoms with E-state index in [0.29, 0.717) is 0 Å². The molecule has 3 nitrogen and oxygen atoms in total. The fraction of sp³-hybridized carbons (Fsp3) is 0.769. The summed E-state index contributed by atoms with van der Waals surface area (Å²) in [7, 11) is 0. The minimum Gasteiger partial charge on any atom is -0.460 e. The SMILES string of the molecule is CC/C=C\CC[C@@H]1O[C@H](C)C[C@H]1OC(C)=O. The lowest BCUT2D eigenvalue weighted by atomic mass is 10.1. The molecule has 92 valence electrons. The molecule has 3 atom stereocenters. The number of hydrogen-bond acceptors (Lipinski definition) is 3. The highest BCUT2D eigenvalue weighted by Crippen LogP contribution is 2.26. The Morgan fingerprint density at radius 3 is 2.88 bits per heavy atom. The van der Waals surface area contributed by atoms with Gasteiger partial charge in [0.2, 0.25) is 0 Å². The zero-order valence-electron chi connectivity index (χ0n) is 10.4. The van der Waals surface area contributed by atoms with Gasteiger partial charge in [0.15, 0.2) is 0 Å². The van der Waals surface area contributed by atoms with Crippen molar-refractivity contribution in [3.05, 3.63) is 12.2 Å². The van der Waals surface area contributed by atoms with Crippen LogP contribution in [0.5, 0.6) is 0 Å². The van der Waals surface area contributed by atoms with Crippen LogP contribution >= 0.6 is 0 Å². The minimum atomic E-state index is -0.211. The van der Waals surface area contributed by atoms with E-state index in [1.54, 1.807) is 0 Å². The Morgan fingerprint density at radius 1 is 1.50 bits per heavy atom. The van der Waals surface area contributed by atoms with Gasteiger partial charge in [-0.1, -0.05) is 19.1 Å². The molecule has 1 aliphatic rings. The van der Waals surface area contributed by atoms with Crippen LogP contribution < -0.4 is 0 Å². The molecule has 0 amide bonds. The number of carbonyl (C=O) groups is 1. The fourth-order valence-corrected chi connectivity index (χ4v) is 2.06. The molecule has 0 bridgehead atoms. The Labute approximate surface area is 97.8 Å². The number of rotatable bonds is 5. The normalized spacial score (nSPS) is 29.8. The van der Waals surface area contributed by atoms with Crippen molar-refractivity contribution in [1.82, 2.24) is 0 Å². The Morgan fingerprint density at radius 2 is 2.25 bits per heavy atom. The predicted molar refractivity (Wildman–Crippen MR) is 63.2 cm³/mol. The maximum Gasteiger partial charge on any atom is 0.302 e. The van der Waals surface area contributed by atoms with Crippen molar-refractivity contribution >= 4 is 5.97 Å². The molecule has 0 aliphatic carbocycles. The Hall–Kier alpha value is -0.830. The number of esters is 1. The Balaban J connectivity index is 2.37. The summed E-state index contributed by atoms with van der Waals surface area (Å²) in [5.74, 6) is -0.211. The maximum absolute atomic E-state index is 10.9. The van der Waals surface area contributed by atoms with Crippen molar-refractivity contribution in [2.24, 2.45) is 0 Å². The molecule has 1 rings (SSSR count). The fourth-order valence-electron chi connectivity index (χ4n) is 2.06. The lowest BCUT2D eigenvalue weighted by molar-refractivity contribution is -0.149. The summed E-state index contributed by atoms with van der Waals surface area (Å²) >= 11 is 0. The molecular formula is C13H22O3. The van der Waals surface area contributed by atoms with Gasteiger partial charge >= 0.3 is 5.97 Å². The molecule has 16 heavy (non-hydrogen) atoms. The lowest BCUT2D eigenvalue weighted by Crippen LogP contribution is -2.26. The largest absolute Gasteiger partial charge is 0.460 e. The van der Waals surface area contributed by atoms with Crippen LogP contribution in [0.25, 0.3) is 0 Å². The average molecular weight is 226 g/mol. The molecule has 1 fully saturated rings. The lowest BCUT2D eigenvalue weighted by Gasteiger charge is -2.17. The Bertz CT molecular complexity index is 248. The molecule has 0 radical (unpaired) electrons. The molecule has 0 saturated carbocycles. The summed E-state index contributed by atoms with van der Waals surface area (Å²) in [4.78, 5) is 10.9. The highest BCUT2D eigenvalue weighted by Gasteiger charge is 2.34. The van der Waals surface area contributed by atoms with Gasteiger partial charge in [-0.25, -0.2) is 0 Å². The minimum absolute atomic E-state index is 0.0532. The second-order valence-corrected chi connectivity index (χ2v) is 4.33. The number of hydrogen-bond donors (Lipinski definition) is 0. The molecule has 0 spiro atoms. The summed E-state index contributed by atoms with van der Waals surface area (Å²) in [6.45, 7) is 5.60. The van der Waals surface area contributed by atoms with Crippen LogP contribution in [0, 0.1) is 0 Å². The first-order valence-corrected chi connectivity index (χ1v) is 6.11. The van der Waals surface area contributed by atoms with Crippen LogP contribution in [0.15, 0.2) is 12.2 Å². The third kappa shape index (κ3) is 4.35. The first kappa shape index (κ1) is 13.2. The van der Waals surface area contributed by atoms with Crippen LogP contribution in [0.2, 0.25) is 0 Å². The van der Waals surface area contributed by atoms with Crippen LogP contribution in [0.4, 0.5) is 0 Å². The van der Waals surface area contributed by atoms with E-state index < -0.39 is 0 Å². The van der Waals surface area contributed by atoms with Gasteiger partial charge < -0.3 is 9.47 Å². The van der Waals surface area contributed by atoms with Crippen LogP contribution in [0.1, 0.15) is 46.5 Å². The van der Waals surface area contributed by atoms with Gasteiger partial charge in [0, 0.05) is 13.3 Å². The Kier molecular flexibility index (Phi) is 5.53. The van der Waals surface area contributed by atoms with Gasteiger partial charge in [0.1, 0.15) is 6.10 Å². The van der Waals surface area contributed by atoms with Gasteiger partial charge in [0.25, 0.3) is 0 Å². The standard InChI is InChI=1S/C13H22O3/c1-4-5-6-7-8-12-13(16-11(3)14)9-10(2)15-12/h5-6,10,12-13H,4,7-9H2,1-3H3/b6-5-/t10-,12+,13-/m1/s1. The molecule has 0 aromatic heterocycles. The first-order chi connectivity index (χ1) is 7.63. The molecular weight excluding hydrogens is 204 g/mol. The molecule has 0 aromatic carbocycles. The van der Waals surface area contributed by atoms with E-state index in [9.17, 15) is 4.79 Å². The zero-order chi connectivity index (χ0) is 12.0. The van der Waals surface area contributed by atoms with E-state index in [2.05, 4.69) is 19.1 Å². The summed E-state index contributed by atoms with van der Waals surface area (Å²) in [5.41, 5.74) is 0. The number of carbonyl (C=O) groups excluding carboxylic acids is 1. The van der Waals surface area contributed by atoms with Crippen LogP contribution in [0.3, 0.4) is 0 Å². The topological polar surface area (TPSA) is 35.5 Å². The summed E-state index contributed by atoms with van der Waals surface area (Å²) in [6.07, 6.45) is 8.34. The van der Waals surface area contributed by atoms with Gasteiger partial charge in [-0.3, -0.25) is 4.79 Å². The number of allylic oxidation sites excluding steroid dienone is 2. The van der Waals surface area contributed by atoms with Gasteiger partial charge in [-0.15, -0.1) is 0 Å². The van der Waals surface area contributed by atoms with E-state index in [-0.39, 0.29) is 24.3 Å². The van der Waals surface area contributed by atoms with E-state index in [0.717, 1.165) is 25.7 Å². The molecule has 0 N–H and O–H groups in total. The average Bonchev–Trinajstić information content (AvgIpc) is 2.53. The molecule has 3 heteroatoms.